The van der Waals surface area contributed by atoms with E-state index in [1.807, 2.05) is 6.07 Å². The summed E-state index contributed by atoms with van der Waals surface area (Å²) in [5.41, 5.74) is 0.166. The van der Waals surface area contributed by atoms with Crippen LogP contribution in [0.5, 0.6) is 5.75 Å². The van der Waals surface area contributed by atoms with Gasteiger partial charge in [0, 0.05) is 16.7 Å². The number of hydrogen-bond acceptors (Lipinski definition) is 6. The number of aromatic hydroxyl groups is 1. The molecule has 1 fully saturated rings. The summed E-state index contributed by atoms with van der Waals surface area (Å²) in [6.07, 6.45) is 1.34. The molecule has 6 nitrogen and oxygen atoms in total. The maximum Gasteiger partial charge on any atom is 0.312 e. The number of halogens is 1. The summed E-state index contributed by atoms with van der Waals surface area (Å²) in [7, 11) is 0. The number of thioether (sulfide) groups is 1. The normalized spacial score (nSPS) is 15.9. The SMILES string of the molecule is O=C1/C(=C\c2cc(Cl)cc([N+](=O)[O-])c2O)SC(=S)N1c1ccccc1. The Labute approximate surface area is 156 Å². The Morgan fingerprint density at radius 2 is 1.96 bits per heavy atom. The van der Waals surface area contributed by atoms with Crippen LogP contribution in [0.25, 0.3) is 6.08 Å². The molecule has 1 aliphatic rings. The van der Waals surface area contributed by atoms with Crippen LogP contribution in [0.2, 0.25) is 5.02 Å². The van der Waals surface area contributed by atoms with Crippen molar-refractivity contribution in [2.75, 3.05) is 4.90 Å². The Morgan fingerprint density at radius 3 is 2.60 bits per heavy atom. The molecule has 2 aromatic rings. The molecule has 0 radical (unpaired) electrons. The third-order valence-corrected chi connectivity index (χ3v) is 4.90. The van der Waals surface area contributed by atoms with Crippen LogP contribution >= 0.6 is 35.6 Å². The summed E-state index contributed by atoms with van der Waals surface area (Å²) >= 11 is 12.2. The zero-order chi connectivity index (χ0) is 18.1. The van der Waals surface area contributed by atoms with Crippen molar-refractivity contribution in [1.29, 1.82) is 0 Å². The number of phenols is 1. The molecule has 0 aliphatic carbocycles. The van der Waals surface area contributed by atoms with Crippen molar-refractivity contribution in [3.8, 4) is 5.75 Å². The highest BCUT2D eigenvalue weighted by Crippen LogP contribution is 2.39. The van der Waals surface area contributed by atoms with Crippen LogP contribution in [0, 0.1) is 10.1 Å². The molecule has 1 N–H and O–H groups in total. The highest BCUT2D eigenvalue weighted by atomic mass is 35.5. The number of para-hydroxylation sites is 1. The predicted octanol–water partition coefficient (Wildman–Crippen LogP) is 4.36. The van der Waals surface area contributed by atoms with Crippen molar-refractivity contribution < 1.29 is 14.8 Å². The van der Waals surface area contributed by atoms with Crippen molar-refractivity contribution >= 4 is 63.3 Å². The van der Waals surface area contributed by atoms with E-state index in [4.69, 9.17) is 23.8 Å². The molecule has 1 amide bonds. The van der Waals surface area contributed by atoms with Crippen LogP contribution in [-0.4, -0.2) is 20.3 Å². The first kappa shape index (κ1) is 17.4. The second-order valence-electron chi connectivity index (χ2n) is 4.97. The monoisotopic (exact) mass is 392 g/mol. The fourth-order valence-corrected chi connectivity index (χ4v) is 3.77. The van der Waals surface area contributed by atoms with Gasteiger partial charge in [0.1, 0.15) is 0 Å². The molecule has 9 heteroatoms. The fraction of sp³-hybridized carbons (Fsp3) is 0. The van der Waals surface area contributed by atoms with E-state index in [1.54, 1.807) is 24.3 Å². The van der Waals surface area contributed by atoms with Crippen molar-refractivity contribution in [2.45, 2.75) is 0 Å². The van der Waals surface area contributed by atoms with Crippen LogP contribution < -0.4 is 4.90 Å². The molecule has 25 heavy (non-hydrogen) atoms. The number of amides is 1. The number of hydrogen-bond donors (Lipinski definition) is 1. The van der Waals surface area contributed by atoms with Gasteiger partial charge >= 0.3 is 5.69 Å². The highest BCUT2D eigenvalue weighted by Gasteiger charge is 2.33. The zero-order valence-corrected chi connectivity index (χ0v) is 14.8. The van der Waals surface area contributed by atoms with Crippen LogP contribution in [0.4, 0.5) is 11.4 Å². The number of thiocarbonyl (C=S) groups is 1. The van der Waals surface area contributed by atoms with E-state index in [9.17, 15) is 20.0 Å². The molecular formula is C16H9ClN2O4S2. The van der Waals surface area contributed by atoms with E-state index in [1.165, 1.54) is 17.0 Å². The molecule has 0 aromatic heterocycles. The van der Waals surface area contributed by atoms with E-state index in [2.05, 4.69) is 0 Å². The van der Waals surface area contributed by atoms with E-state index in [0.29, 0.717) is 10.0 Å². The predicted molar refractivity (Wildman–Crippen MR) is 102 cm³/mol. The van der Waals surface area contributed by atoms with E-state index >= 15 is 0 Å². The third-order valence-electron chi connectivity index (χ3n) is 3.38. The van der Waals surface area contributed by atoms with Crippen LogP contribution in [0.15, 0.2) is 47.4 Å². The number of carbonyl (C=O) groups is 1. The van der Waals surface area contributed by atoms with Crippen molar-refractivity contribution in [1.82, 2.24) is 0 Å². The lowest BCUT2D eigenvalue weighted by Gasteiger charge is -2.13. The summed E-state index contributed by atoms with van der Waals surface area (Å²) in [6, 6.07) is 11.3. The summed E-state index contributed by atoms with van der Waals surface area (Å²) in [6.45, 7) is 0. The number of nitro benzene ring substituents is 1. The van der Waals surface area contributed by atoms with Gasteiger partial charge in [-0.1, -0.05) is 53.8 Å². The molecule has 1 heterocycles. The highest BCUT2D eigenvalue weighted by molar-refractivity contribution is 8.27. The minimum absolute atomic E-state index is 0.0766. The maximum absolute atomic E-state index is 12.6. The van der Waals surface area contributed by atoms with Crippen molar-refractivity contribution in [3.63, 3.8) is 0 Å². The number of phenolic OH excluding ortho intramolecular Hbond substituents is 1. The second kappa shape index (κ2) is 6.83. The van der Waals surface area contributed by atoms with Gasteiger partial charge < -0.3 is 5.11 Å². The number of nitrogens with zero attached hydrogens (tertiary/aromatic N) is 2. The summed E-state index contributed by atoms with van der Waals surface area (Å²) < 4.78 is 0.332. The smallest absolute Gasteiger partial charge is 0.312 e. The molecule has 0 spiro atoms. The average molecular weight is 393 g/mol. The average Bonchev–Trinajstić information content (AvgIpc) is 2.85. The lowest BCUT2D eigenvalue weighted by Crippen LogP contribution is -2.27. The first-order valence-electron chi connectivity index (χ1n) is 6.88. The number of nitro groups is 1. The Hall–Kier alpha value is -2.42. The molecular weight excluding hydrogens is 384 g/mol. The van der Waals surface area contributed by atoms with Gasteiger partial charge in [-0.2, -0.15) is 0 Å². The number of carbonyl (C=O) groups excluding carboxylic acids is 1. The second-order valence-corrected chi connectivity index (χ2v) is 7.08. The van der Waals surface area contributed by atoms with Gasteiger partial charge in [0.15, 0.2) is 4.32 Å². The van der Waals surface area contributed by atoms with Gasteiger partial charge in [-0.05, 0) is 24.3 Å². The van der Waals surface area contributed by atoms with Gasteiger partial charge in [0.2, 0.25) is 5.75 Å². The summed E-state index contributed by atoms with van der Waals surface area (Å²) in [4.78, 5) is 24.5. The van der Waals surface area contributed by atoms with Crippen molar-refractivity contribution in [3.05, 3.63) is 68.1 Å². The molecule has 0 unspecified atom stereocenters. The van der Waals surface area contributed by atoms with E-state index in [0.717, 1.165) is 17.8 Å². The number of benzene rings is 2. The maximum atomic E-state index is 12.6. The molecule has 1 aliphatic heterocycles. The summed E-state index contributed by atoms with van der Waals surface area (Å²) in [5.74, 6) is -0.928. The lowest BCUT2D eigenvalue weighted by molar-refractivity contribution is -0.385. The number of anilines is 1. The zero-order valence-electron chi connectivity index (χ0n) is 12.4. The fourth-order valence-electron chi connectivity index (χ4n) is 2.26. The lowest BCUT2D eigenvalue weighted by atomic mass is 10.1. The topological polar surface area (TPSA) is 83.7 Å². The van der Waals surface area contributed by atoms with Crippen LogP contribution in [0.1, 0.15) is 5.56 Å². The van der Waals surface area contributed by atoms with Gasteiger partial charge in [-0.15, -0.1) is 0 Å². The molecule has 1 saturated heterocycles. The first-order valence-corrected chi connectivity index (χ1v) is 8.48. The summed E-state index contributed by atoms with van der Waals surface area (Å²) in [5, 5.41) is 21.1. The molecule has 0 bridgehead atoms. The van der Waals surface area contributed by atoms with Crippen LogP contribution in [0.3, 0.4) is 0 Å². The third kappa shape index (κ3) is 3.37. The van der Waals surface area contributed by atoms with Gasteiger partial charge in [0.25, 0.3) is 5.91 Å². The standard InChI is InChI=1S/C16H9ClN2O4S2/c17-10-6-9(14(20)12(8-10)19(22)23)7-13-15(21)18(16(24)25-13)11-4-2-1-3-5-11/h1-8,20H/b13-7+. The quantitative estimate of drug-likeness (QED) is 0.361. The Kier molecular flexibility index (Phi) is 4.76. The molecule has 0 atom stereocenters. The molecule has 0 saturated carbocycles. The van der Waals surface area contributed by atoms with Gasteiger partial charge in [-0.3, -0.25) is 19.8 Å². The van der Waals surface area contributed by atoms with Gasteiger partial charge in [0.05, 0.1) is 15.5 Å². The Morgan fingerprint density at radius 1 is 1.28 bits per heavy atom. The van der Waals surface area contributed by atoms with Crippen LogP contribution in [-0.2, 0) is 4.79 Å². The molecule has 3 rings (SSSR count). The van der Waals surface area contributed by atoms with Gasteiger partial charge in [-0.25, -0.2) is 0 Å². The van der Waals surface area contributed by atoms with Crippen molar-refractivity contribution in [2.24, 2.45) is 0 Å². The van der Waals surface area contributed by atoms with E-state index in [-0.39, 0.29) is 21.4 Å². The number of rotatable bonds is 3. The Balaban J connectivity index is 2.02. The molecule has 126 valence electrons. The first-order chi connectivity index (χ1) is 11.9. The largest absolute Gasteiger partial charge is 0.502 e. The minimum atomic E-state index is -0.742. The minimum Gasteiger partial charge on any atom is -0.502 e. The molecule has 2 aromatic carbocycles. The Bertz CT molecular complexity index is 931. The van der Waals surface area contributed by atoms with E-state index < -0.39 is 16.4 Å².